The van der Waals surface area contributed by atoms with Gasteiger partial charge in [-0.05, 0) is 24.8 Å². The second-order valence-electron chi connectivity index (χ2n) is 3.57. The summed E-state index contributed by atoms with van der Waals surface area (Å²) in [5.74, 6) is 0.0931. The van der Waals surface area contributed by atoms with Gasteiger partial charge in [-0.15, -0.1) is 11.3 Å². The van der Waals surface area contributed by atoms with E-state index in [4.69, 9.17) is 0 Å². The van der Waals surface area contributed by atoms with Gasteiger partial charge in [0, 0.05) is 25.2 Å². The largest absolute Gasteiger partial charge is 0.373 e. The highest BCUT2D eigenvalue weighted by Crippen LogP contribution is 2.20. The molecule has 1 aromatic rings. The Morgan fingerprint density at radius 3 is 2.57 bits per heavy atom. The van der Waals surface area contributed by atoms with E-state index in [-0.39, 0.29) is 11.9 Å². The Kier molecular flexibility index (Phi) is 3.52. The lowest BCUT2D eigenvalue weighted by atomic mass is 10.2. The summed E-state index contributed by atoms with van der Waals surface area (Å²) < 4.78 is 0. The van der Waals surface area contributed by atoms with E-state index in [2.05, 4.69) is 10.7 Å². The Labute approximate surface area is 88.7 Å². The first-order chi connectivity index (χ1) is 6.52. The molecule has 1 atom stereocenters. The van der Waals surface area contributed by atoms with Crippen molar-refractivity contribution in [1.29, 1.82) is 0 Å². The maximum atomic E-state index is 11.5. The molecule has 0 saturated heterocycles. The van der Waals surface area contributed by atoms with E-state index < -0.39 is 0 Å². The number of carbonyl (C=O) groups excluding carboxylic acids is 1. The number of hydrogen-bond donors (Lipinski definition) is 1. The summed E-state index contributed by atoms with van der Waals surface area (Å²) in [6.45, 7) is 3.91. The van der Waals surface area contributed by atoms with Crippen molar-refractivity contribution in [3.05, 3.63) is 16.3 Å². The average molecular weight is 212 g/mol. The molecule has 0 spiro atoms. The Hall–Kier alpha value is -1.03. The molecule has 0 aliphatic rings. The average Bonchev–Trinajstić information content (AvgIpc) is 2.50. The predicted octanol–water partition coefficient (Wildman–Crippen LogP) is 1.95. The van der Waals surface area contributed by atoms with E-state index in [9.17, 15) is 4.79 Å². The number of carbonyl (C=O) groups is 1. The molecule has 3 nitrogen and oxygen atoms in total. The van der Waals surface area contributed by atoms with Gasteiger partial charge in [0.2, 0.25) is 5.91 Å². The molecule has 0 aliphatic heterocycles. The van der Waals surface area contributed by atoms with Crippen LogP contribution in [0, 0.1) is 6.92 Å². The number of nitrogens with one attached hydrogen (secondary N) is 1. The third kappa shape index (κ3) is 2.48. The van der Waals surface area contributed by atoms with E-state index in [1.807, 2.05) is 19.2 Å². The molecule has 78 valence electrons. The third-order valence-electron chi connectivity index (χ3n) is 2.04. The number of anilines is 1. The zero-order valence-electron chi connectivity index (χ0n) is 9.00. The predicted molar refractivity (Wildman–Crippen MR) is 60.8 cm³/mol. The number of likely N-dealkylation sites (N-methyl/N-ethyl adjacent to an activating group) is 1. The number of hydrogen-bond acceptors (Lipinski definition) is 3. The highest BCUT2D eigenvalue weighted by molar-refractivity contribution is 7.08. The second kappa shape index (κ2) is 4.46. The van der Waals surface area contributed by atoms with E-state index in [0.717, 1.165) is 5.69 Å². The summed E-state index contributed by atoms with van der Waals surface area (Å²) in [6, 6.07) is -0.168. The van der Waals surface area contributed by atoms with Gasteiger partial charge in [-0.1, -0.05) is 0 Å². The number of aryl methyl sites for hydroxylation is 1. The van der Waals surface area contributed by atoms with Gasteiger partial charge in [0.15, 0.2) is 0 Å². The fourth-order valence-electron chi connectivity index (χ4n) is 1.19. The van der Waals surface area contributed by atoms with Crippen LogP contribution in [0.1, 0.15) is 12.5 Å². The van der Waals surface area contributed by atoms with Gasteiger partial charge in [0.25, 0.3) is 0 Å². The molecular formula is C10H16N2OS. The van der Waals surface area contributed by atoms with Crippen molar-refractivity contribution < 1.29 is 4.79 Å². The lowest BCUT2D eigenvalue weighted by molar-refractivity contribution is -0.129. The van der Waals surface area contributed by atoms with Gasteiger partial charge >= 0.3 is 0 Å². The van der Waals surface area contributed by atoms with Crippen LogP contribution in [-0.4, -0.2) is 30.9 Å². The minimum atomic E-state index is -0.168. The molecular weight excluding hydrogens is 196 g/mol. The Balaban J connectivity index is 2.62. The Bertz CT molecular complexity index is 320. The molecule has 1 rings (SSSR count). The molecule has 1 heterocycles. The molecule has 0 aromatic carbocycles. The quantitative estimate of drug-likeness (QED) is 0.830. The number of amides is 1. The smallest absolute Gasteiger partial charge is 0.244 e. The van der Waals surface area contributed by atoms with Crippen LogP contribution in [-0.2, 0) is 4.79 Å². The molecule has 14 heavy (non-hydrogen) atoms. The van der Waals surface area contributed by atoms with E-state index in [1.165, 1.54) is 5.56 Å². The Morgan fingerprint density at radius 1 is 1.50 bits per heavy atom. The summed E-state index contributed by atoms with van der Waals surface area (Å²) in [4.78, 5) is 13.1. The lowest BCUT2D eigenvalue weighted by Gasteiger charge is -2.18. The van der Waals surface area contributed by atoms with Crippen molar-refractivity contribution in [2.24, 2.45) is 0 Å². The first kappa shape index (κ1) is 11.0. The molecule has 1 unspecified atom stereocenters. The first-order valence-corrected chi connectivity index (χ1v) is 5.47. The van der Waals surface area contributed by atoms with Crippen LogP contribution in [0.25, 0.3) is 0 Å². The van der Waals surface area contributed by atoms with Crippen molar-refractivity contribution >= 4 is 22.9 Å². The van der Waals surface area contributed by atoms with Gasteiger partial charge in [0.1, 0.15) is 6.04 Å². The van der Waals surface area contributed by atoms with Crippen molar-refractivity contribution in [3.63, 3.8) is 0 Å². The fourth-order valence-corrected chi connectivity index (χ4v) is 1.98. The zero-order chi connectivity index (χ0) is 10.7. The van der Waals surface area contributed by atoms with Crippen LogP contribution in [0.15, 0.2) is 10.8 Å². The van der Waals surface area contributed by atoms with Crippen LogP contribution in [0.4, 0.5) is 5.69 Å². The van der Waals surface area contributed by atoms with Crippen LogP contribution in [0.5, 0.6) is 0 Å². The van der Waals surface area contributed by atoms with Crippen molar-refractivity contribution in [1.82, 2.24) is 4.90 Å². The standard InChI is InChI=1S/C10H16N2OS/c1-7-5-14-6-9(7)11-8(2)10(13)12(3)4/h5-6,8,11H,1-4H3. The molecule has 0 bridgehead atoms. The SMILES string of the molecule is Cc1cscc1NC(C)C(=O)N(C)C. The summed E-state index contributed by atoms with van der Waals surface area (Å²) >= 11 is 1.64. The number of nitrogens with zero attached hydrogens (tertiary/aromatic N) is 1. The van der Waals surface area contributed by atoms with Gasteiger partial charge in [0.05, 0.1) is 0 Å². The molecule has 0 aliphatic carbocycles. The zero-order valence-corrected chi connectivity index (χ0v) is 9.81. The molecule has 0 radical (unpaired) electrons. The number of rotatable bonds is 3. The summed E-state index contributed by atoms with van der Waals surface area (Å²) in [7, 11) is 3.53. The van der Waals surface area contributed by atoms with Crippen molar-refractivity contribution in [2.75, 3.05) is 19.4 Å². The minimum absolute atomic E-state index is 0.0931. The summed E-state index contributed by atoms with van der Waals surface area (Å²) in [5.41, 5.74) is 2.24. The monoisotopic (exact) mass is 212 g/mol. The number of thiophene rings is 1. The topological polar surface area (TPSA) is 32.3 Å². The van der Waals surface area contributed by atoms with Crippen molar-refractivity contribution in [2.45, 2.75) is 19.9 Å². The molecule has 1 N–H and O–H groups in total. The van der Waals surface area contributed by atoms with Crippen LogP contribution in [0.2, 0.25) is 0 Å². The summed E-state index contributed by atoms with van der Waals surface area (Å²) in [5, 5.41) is 7.28. The summed E-state index contributed by atoms with van der Waals surface area (Å²) in [6.07, 6.45) is 0. The minimum Gasteiger partial charge on any atom is -0.373 e. The van der Waals surface area contributed by atoms with Crippen molar-refractivity contribution in [3.8, 4) is 0 Å². The highest BCUT2D eigenvalue weighted by atomic mass is 32.1. The van der Waals surface area contributed by atoms with Gasteiger partial charge < -0.3 is 10.2 Å². The maximum Gasteiger partial charge on any atom is 0.244 e. The van der Waals surface area contributed by atoms with Crippen LogP contribution >= 0.6 is 11.3 Å². The normalized spacial score (nSPS) is 12.3. The van der Waals surface area contributed by atoms with E-state index in [0.29, 0.717) is 0 Å². The van der Waals surface area contributed by atoms with Gasteiger partial charge in [-0.3, -0.25) is 4.79 Å². The molecule has 4 heteroatoms. The molecule has 1 amide bonds. The second-order valence-corrected chi connectivity index (χ2v) is 4.31. The maximum absolute atomic E-state index is 11.5. The molecule has 0 fully saturated rings. The van der Waals surface area contributed by atoms with Gasteiger partial charge in [-0.2, -0.15) is 0 Å². The highest BCUT2D eigenvalue weighted by Gasteiger charge is 2.14. The van der Waals surface area contributed by atoms with Gasteiger partial charge in [-0.25, -0.2) is 0 Å². The lowest BCUT2D eigenvalue weighted by Crippen LogP contribution is -2.36. The van der Waals surface area contributed by atoms with Crippen LogP contribution in [0.3, 0.4) is 0 Å². The Morgan fingerprint density at radius 2 is 2.14 bits per heavy atom. The fraction of sp³-hybridized carbons (Fsp3) is 0.500. The van der Waals surface area contributed by atoms with E-state index in [1.54, 1.807) is 30.3 Å². The first-order valence-electron chi connectivity index (χ1n) is 4.53. The van der Waals surface area contributed by atoms with E-state index >= 15 is 0 Å². The van der Waals surface area contributed by atoms with Crippen LogP contribution < -0.4 is 5.32 Å². The molecule has 1 aromatic heterocycles. The third-order valence-corrected chi connectivity index (χ3v) is 2.90. The molecule has 0 saturated carbocycles.